The molecule has 0 atom stereocenters. The minimum absolute atomic E-state index is 0.308. The van der Waals surface area contributed by atoms with Gasteiger partial charge >= 0.3 is 5.97 Å². The van der Waals surface area contributed by atoms with E-state index >= 15 is 0 Å². The van der Waals surface area contributed by atoms with Crippen LogP contribution in [0.5, 0.6) is 0 Å². The molecule has 1 aromatic rings. The van der Waals surface area contributed by atoms with Gasteiger partial charge in [0.05, 0.1) is 5.56 Å². The van der Waals surface area contributed by atoms with Crippen LogP contribution in [0.15, 0.2) is 35.9 Å². The molecule has 0 spiro atoms. The number of halogens is 1. The van der Waals surface area contributed by atoms with Gasteiger partial charge < -0.3 is 5.11 Å². The van der Waals surface area contributed by atoms with Crippen molar-refractivity contribution < 1.29 is 9.90 Å². The molecule has 0 fully saturated rings. The molecule has 0 heterocycles. The molecule has 1 N–H and O–H groups in total. The van der Waals surface area contributed by atoms with E-state index in [2.05, 4.69) is 6.58 Å². The number of hydrogen-bond acceptors (Lipinski definition) is 1. The Balaban J connectivity index is 2.73. The zero-order valence-corrected chi connectivity index (χ0v) is 8.42. The molecule has 0 saturated heterocycles. The van der Waals surface area contributed by atoms with Gasteiger partial charge in [0.1, 0.15) is 0 Å². The minimum Gasteiger partial charge on any atom is -0.478 e. The van der Waals surface area contributed by atoms with Crippen LogP contribution in [0.2, 0.25) is 0 Å². The Hall–Kier alpha value is -1.28. The highest BCUT2D eigenvalue weighted by Gasteiger charge is 2.02. The van der Waals surface area contributed by atoms with Gasteiger partial charge in [0.25, 0.3) is 0 Å². The highest BCUT2D eigenvalue weighted by molar-refractivity contribution is 6.29. The van der Waals surface area contributed by atoms with E-state index in [1.165, 1.54) is 0 Å². The second-order valence-corrected chi connectivity index (χ2v) is 3.56. The van der Waals surface area contributed by atoms with Crippen LogP contribution in [0, 0.1) is 0 Å². The molecule has 0 amide bonds. The third kappa shape index (κ3) is 3.23. The van der Waals surface area contributed by atoms with Crippen LogP contribution in [0.4, 0.5) is 0 Å². The molecule has 0 radical (unpaired) electrons. The maximum atomic E-state index is 10.6. The summed E-state index contributed by atoms with van der Waals surface area (Å²) in [6.45, 7) is 3.58. The van der Waals surface area contributed by atoms with Gasteiger partial charge in [-0.05, 0) is 30.5 Å². The number of carboxylic acids is 1. The first-order chi connectivity index (χ1) is 6.59. The fourth-order valence-electron chi connectivity index (χ4n) is 1.14. The van der Waals surface area contributed by atoms with Gasteiger partial charge in [-0.15, -0.1) is 0 Å². The van der Waals surface area contributed by atoms with Gasteiger partial charge in [-0.25, -0.2) is 4.79 Å². The number of rotatable bonds is 4. The molecular weight excluding hydrogens is 200 g/mol. The molecule has 0 aliphatic carbocycles. The van der Waals surface area contributed by atoms with E-state index in [1.54, 1.807) is 18.2 Å². The zero-order chi connectivity index (χ0) is 10.6. The zero-order valence-electron chi connectivity index (χ0n) is 7.66. The molecule has 0 saturated carbocycles. The van der Waals surface area contributed by atoms with Crippen molar-refractivity contribution in [2.75, 3.05) is 0 Å². The highest BCUT2D eigenvalue weighted by Crippen LogP contribution is 2.12. The molecule has 2 nitrogen and oxygen atoms in total. The summed E-state index contributed by atoms with van der Waals surface area (Å²) in [7, 11) is 0. The molecule has 0 aliphatic rings. The molecule has 3 heteroatoms. The second-order valence-electron chi connectivity index (χ2n) is 3.02. The quantitative estimate of drug-likeness (QED) is 0.829. The molecule has 1 aromatic carbocycles. The predicted octanol–water partition coefficient (Wildman–Crippen LogP) is 3.07. The summed E-state index contributed by atoms with van der Waals surface area (Å²) in [5.74, 6) is -0.906. The van der Waals surface area contributed by atoms with Crippen LogP contribution in [-0.2, 0) is 6.42 Å². The maximum Gasteiger partial charge on any atom is 0.335 e. The topological polar surface area (TPSA) is 37.3 Å². The maximum absolute atomic E-state index is 10.6. The molecule has 0 bridgehead atoms. The average Bonchev–Trinajstić information content (AvgIpc) is 2.15. The first-order valence-electron chi connectivity index (χ1n) is 4.25. The van der Waals surface area contributed by atoms with E-state index in [9.17, 15) is 4.79 Å². The number of benzene rings is 1. The summed E-state index contributed by atoms with van der Waals surface area (Å²) in [5, 5.41) is 9.33. The van der Waals surface area contributed by atoms with Crippen molar-refractivity contribution in [1.82, 2.24) is 0 Å². The fourth-order valence-corrected chi connectivity index (χ4v) is 1.23. The first-order valence-corrected chi connectivity index (χ1v) is 4.63. The molecule has 0 aliphatic heterocycles. The molecule has 0 unspecified atom stereocenters. The highest BCUT2D eigenvalue weighted by atomic mass is 35.5. The van der Waals surface area contributed by atoms with Gasteiger partial charge in [0, 0.05) is 5.03 Å². The monoisotopic (exact) mass is 210 g/mol. The Bertz CT molecular complexity index is 358. The van der Waals surface area contributed by atoms with Gasteiger partial charge in [0.15, 0.2) is 0 Å². The average molecular weight is 211 g/mol. The summed E-state index contributed by atoms with van der Waals surface area (Å²) in [5.41, 5.74) is 1.27. The Kier molecular flexibility index (Phi) is 3.72. The Morgan fingerprint density at radius 3 is 2.79 bits per heavy atom. The van der Waals surface area contributed by atoms with Crippen molar-refractivity contribution in [2.24, 2.45) is 0 Å². The van der Waals surface area contributed by atoms with E-state index in [0.29, 0.717) is 17.0 Å². The third-order valence-electron chi connectivity index (χ3n) is 1.86. The third-order valence-corrected chi connectivity index (χ3v) is 2.05. The summed E-state index contributed by atoms with van der Waals surface area (Å²) in [6, 6.07) is 6.84. The number of aryl methyl sites for hydroxylation is 1. The van der Waals surface area contributed by atoms with Gasteiger partial charge in [0.2, 0.25) is 0 Å². The molecule has 1 rings (SSSR count). The first kappa shape index (κ1) is 10.8. The Labute approximate surface area is 87.8 Å². The van der Waals surface area contributed by atoms with Gasteiger partial charge in [-0.3, -0.25) is 0 Å². The summed E-state index contributed by atoms with van der Waals surface area (Å²) < 4.78 is 0. The SMILES string of the molecule is C=C(Cl)CCc1cccc(C(=O)O)c1. The van der Waals surface area contributed by atoms with Crippen molar-refractivity contribution in [2.45, 2.75) is 12.8 Å². The van der Waals surface area contributed by atoms with Crippen LogP contribution in [-0.4, -0.2) is 11.1 Å². The minimum atomic E-state index is -0.906. The normalized spacial score (nSPS) is 9.79. The lowest BCUT2D eigenvalue weighted by atomic mass is 10.1. The standard InChI is InChI=1S/C11H11ClO2/c1-8(12)5-6-9-3-2-4-10(7-9)11(13)14/h2-4,7H,1,5-6H2,(H,13,14). The molecule has 74 valence electrons. The van der Waals surface area contributed by atoms with E-state index in [-0.39, 0.29) is 0 Å². The van der Waals surface area contributed by atoms with Gasteiger partial charge in [-0.1, -0.05) is 30.3 Å². The van der Waals surface area contributed by atoms with E-state index < -0.39 is 5.97 Å². The van der Waals surface area contributed by atoms with Crippen LogP contribution in [0.3, 0.4) is 0 Å². The number of carboxylic acid groups (broad SMARTS) is 1. The number of hydrogen-bond donors (Lipinski definition) is 1. The molecule has 0 aromatic heterocycles. The summed E-state index contributed by atoms with van der Waals surface area (Å²) in [4.78, 5) is 10.6. The van der Waals surface area contributed by atoms with Crippen molar-refractivity contribution in [3.63, 3.8) is 0 Å². The van der Waals surface area contributed by atoms with E-state index in [4.69, 9.17) is 16.7 Å². The predicted molar refractivity (Wildman–Crippen MR) is 56.7 cm³/mol. The van der Waals surface area contributed by atoms with Crippen LogP contribution < -0.4 is 0 Å². The van der Waals surface area contributed by atoms with Crippen LogP contribution >= 0.6 is 11.6 Å². The van der Waals surface area contributed by atoms with Crippen molar-refractivity contribution in [3.8, 4) is 0 Å². The van der Waals surface area contributed by atoms with Crippen LogP contribution in [0.25, 0.3) is 0 Å². The Morgan fingerprint density at radius 1 is 1.50 bits per heavy atom. The largest absolute Gasteiger partial charge is 0.478 e. The van der Waals surface area contributed by atoms with Gasteiger partial charge in [-0.2, -0.15) is 0 Å². The smallest absolute Gasteiger partial charge is 0.335 e. The van der Waals surface area contributed by atoms with Crippen molar-refractivity contribution >= 4 is 17.6 Å². The summed E-state index contributed by atoms with van der Waals surface area (Å²) >= 11 is 5.62. The van der Waals surface area contributed by atoms with Crippen molar-refractivity contribution in [1.29, 1.82) is 0 Å². The van der Waals surface area contributed by atoms with E-state index in [0.717, 1.165) is 12.0 Å². The second kappa shape index (κ2) is 4.82. The Morgan fingerprint density at radius 2 is 2.21 bits per heavy atom. The van der Waals surface area contributed by atoms with Crippen molar-refractivity contribution in [3.05, 3.63) is 47.0 Å². The van der Waals surface area contributed by atoms with E-state index in [1.807, 2.05) is 6.07 Å². The lowest BCUT2D eigenvalue weighted by Gasteiger charge is -2.01. The molecule has 14 heavy (non-hydrogen) atoms. The molecular formula is C11H11ClO2. The number of carbonyl (C=O) groups is 1. The summed E-state index contributed by atoms with van der Waals surface area (Å²) in [6.07, 6.45) is 1.40. The fraction of sp³-hybridized carbons (Fsp3) is 0.182. The number of aromatic carboxylic acids is 1. The lowest BCUT2D eigenvalue weighted by molar-refractivity contribution is 0.0697. The van der Waals surface area contributed by atoms with Crippen LogP contribution in [0.1, 0.15) is 22.3 Å². The lowest BCUT2D eigenvalue weighted by Crippen LogP contribution is -1.97. The number of allylic oxidation sites excluding steroid dienone is 1.